The number of alkyl halides is 2. The molecular weight excluding hydrogens is 276 g/mol. The number of nitrogens with two attached hydrogens (primary N) is 1. The van der Waals surface area contributed by atoms with Crippen molar-refractivity contribution in [3.05, 3.63) is 23.8 Å². The zero-order chi connectivity index (χ0) is 15.0. The Labute approximate surface area is 122 Å². The molecule has 0 bridgehead atoms. The van der Waals surface area contributed by atoms with Gasteiger partial charge in [0.25, 0.3) is 11.8 Å². The molecule has 1 aromatic carbocycles. The maximum atomic E-state index is 13.2. The molecule has 1 amide bonds. The van der Waals surface area contributed by atoms with Crippen LogP contribution in [0.4, 0.5) is 20.2 Å². The van der Waals surface area contributed by atoms with Gasteiger partial charge in [-0.2, -0.15) is 0 Å². The van der Waals surface area contributed by atoms with Crippen molar-refractivity contribution in [1.82, 2.24) is 5.32 Å². The highest BCUT2D eigenvalue weighted by atomic mass is 19.3. The highest BCUT2D eigenvalue weighted by Gasteiger charge is 2.34. The number of nitrogens with zero attached hydrogens (tertiary/aromatic N) is 1. The van der Waals surface area contributed by atoms with E-state index in [9.17, 15) is 13.6 Å². The van der Waals surface area contributed by atoms with Crippen LogP contribution in [0.3, 0.4) is 0 Å². The molecule has 114 valence electrons. The number of hydrogen-bond acceptors (Lipinski definition) is 3. The molecule has 4 nitrogen and oxygen atoms in total. The van der Waals surface area contributed by atoms with Gasteiger partial charge in [0.1, 0.15) is 0 Å². The molecule has 0 atom stereocenters. The van der Waals surface area contributed by atoms with Crippen molar-refractivity contribution in [2.24, 2.45) is 0 Å². The summed E-state index contributed by atoms with van der Waals surface area (Å²) in [6.07, 6.45) is 1.75. The van der Waals surface area contributed by atoms with Gasteiger partial charge in [-0.3, -0.25) is 4.79 Å². The summed E-state index contributed by atoms with van der Waals surface area (Å²) in [5.74, 6) is -2.70. The predicted octanol–water partition coefficient (Wildman–Crippen LogP) is 2.40. The molecule has 0 radical (unpaired) electrons. The number of halogens is 2. The van der Waals surface area contributed by atoms with Gasteiger partial charge in [-0.15, -0.1) is 0 Å². The Kier molecular flexibility index (Phi) is 3.47. The third-order valence-corrected chi connectivity index (χ3v) is 4.04. The van der Waals surface area contributed by atoms with E-state index in [0.29, 0.717) is 17.3 Å². The number of nitrogens with one attached hydrogen (secondary N) is 1. The van der Waals surface area contributed by atoms with Crippen LogP contribution in [0, 0.1) is 0 Å². The van der Waals surface area contributed by atoms with Crippen LogP contribution in [0.2, 0.25) is 0 Å². The van der Waals surface area contributed by atoms with Gasteiger partial charge in [0.05, 0.1) is 11.4 Å². The third kappa shape index (κ3) is 3.25. The lowest BCUT2D eigenvalue weighted by atomic mass is 10.0. The summed E-state index contributed by atoms with van der Waals surface area (Å²) in [5.41, 5.74) is 7.71. The number of amides is 1. The minimum absolute atomic E-state index is 0.124. The molecule has 3 rings (SSSR count). The summed E-state index contributed by atoms with van der Waals surface area (Å²) >= 11 is 0. The van der Waals surface area contributed by atoms with Crippen molar-refractivity contribution in [3.8, 4) is 0 Å². The molecular formula is C15H19F2N3O. The molecule has 0 aromatic heterocycles. The SMILES string of the molecule is Nc1cc(C(=O)NC2CC2)ccc1N1CCC(F)(F)CC1. The number of carbonyl (C=O) groups excluding carboxylic acids is 1. The van der Waals surface area contributed by atoms with E-state index in [1.807, 2.05) is 4.90 Å². The van der Waals surface area contributed by atoms with Crippen LogP contribution in [0.15, 0.2) is 18.2 Å². The molecule has 1 aliphatic carbocycles. The van der Waals surface area contributed by atoms with Gasteiger partial charge < -0.3 is 16.0 Å². The van der Waals surface area contributed by atoms with E-state index in [1.165, 1.54) is 0 Å². The Morgan fingerprint density at radius 2 is 1.95 bits per heavy atom. The van der Waals surface area contributed by atoms with Crippen LogP contribution >= 0.6 is 0 Å². The van der Waals surface area contributed by atoms with Gasteiger partial charge in [-0.1, -0.05) is 0 Å². The van der Waals surface area contributed by atoms with Crippen molar-refractivity contribution in [2.45, 2.75) is 37.6 Å². The second-order valence-corrected chi connectivity index (χ2v) is 5.86. The summed E-state index contributed by atoms with van der Waals surface area (Å²) in [7, 11) is 0. The Morgan fingerprint density at radius 1 is 1.29 bits per heavy atom. The molecule has 0 spiro atoms. The first-order valence-corrected chi connectivity index (χ1v) is 7.28. The van der Waals surface area contributed by atoms with Crippen molar-refractivity contribution in [1.29, 1.82) is 0 Å². The number of nitrogen functional groups attached to an aromatic ring is 1. The quantitative estimate of drug-likeness (QED) is 0.842. The Bertz CT molecular complexity index is 548. The molecule has 1 aromatic rings. The Morgan fingerprint density at radius 3 is 2.52 bits per heavy atom. The molecule has 1 heterocycles. The van der Waals surface area contributed by atoms with Crippen molar-refractivity contribution < 1.29 is 13.6 Å². The summed E-state index contributed by atoms with van der Waals surface area (Å²) in [4.78, 5) is 13.8. The Hall–Kier alpha value is -1.85. The summed E-state index contributed by atoms with van der Waals surface area (Å²) < 4.78 is 26.4. The number of piperidine rings is 1. The normalized spacial score (nSPS) is 21.1. The zero-order valence-electron chi connectivity index (χ0n) is 11.7. The fourth-order valence-corrected chi connectivity index (χ4v) is 2.55. The van der Waals surface area contributed by atoms with Gasteiger partial charge >= 0.3 is 0 Å². The predicted molar refractivity (Wildman–Crippen MR) is 77.7 cm³/mol. The number of rotatable bonds is 3. The second-order valence-electron chi connectivity index (χ2n) is 5.86. The average molecular weight is 295 g/mol. The van der Waals surface area contributed by atoms with Gasteiger partial charge in [0.15, 0.2) is 0 Å². The van der Waals surface area contributed by atoms with E-state index in [4.69, 9.17) is 5.73 Å². The Balaban J connectivity index is 1.70. The van der Waals surface area contributed by atoms with Crippen LogP contribution < -0.4 is 16.0 Å². The molecule has 2 fully saturated rings. The highest BCUT2D eigenvalue weighted by Crippen LogP contribution is 2.33. The number of benzene rings is 1. The summed E-state index contributed by atoms with van der Waals surface area (Å²) in [6, 6.07) is 5.37. The van der Waals surface area contributed by atoms with Crippen LogP contribution in [0.5, 0.6) is 0 Å². The van der Waals surface area contributed by atoms with Crippen molar-refractivity contribution >= 4 is 17.3 Å². The number of hydrogen-bond donors (Lipinski definition) is 2. The van der Waals surface area contributed by atoms with Crippen molar-refractivity contribution in [2.75, 3.05) is 23.7 Å². The standard InChI is InChI=1S/C15H19F2N3O/c16-15(17)5-7-20(8-6-15)13-4-1-10(9-12(13)18)14(21)19-11-2-3-11/h1,4,9,11H,2-3,5-8,18H2,(H,19,21). The first-order valence-electron chi connectivity index (χ1n) is 7.28. The molecule has 2 aliphatic rings. The summed E-state index contributed by atoms with van der Waals surface area (Å²) in [6.45, 7) is 0.565. The van der Waals surface area contributed by atoms with E-state index in [-0.39, 0.29) is 31.8 Å². The van der Waals surface area contributed by atoms with E-state index in [2.05, 4.69) is 5.32 Å². The topological polar surface area (TPSA) is 58.4 Å². The first-order chi connectivity index (χ1) is 9.94. The average Bonchev–Trinajstić information content (AvgIpc) is 3.23. The van der Waals surface area contributed by atoms with E-state index < -0.39 is 5.92 Å². The lowest BCUT2D eigenvalue weighted by molar-refractivity contribution is -0.0220. The smallest absolute Gasteiger partial charge is 0.251 e. The van der Waals surface area contributed by atoms with Crippen LogP contribution in [0.25, 0.3) is 0 Å². The fraction of sp³-hybridized carbons (Fsp3) is 0.533. The molecule has 1 saturated carbocycles. The van der Waals surface area contributed by atoms with Gasteiger partial charge in [-0.05, 0) is 31.0 Å². The maximum Gasteiger partial charge on any atom is 0.251 e. The highest BCUT2D eigenvalue weighted by molar-refractivity contribution is 5.96. The lowest BCUT2D eigenvalue weighted by Gasteiger charge is -2.34. The van der Waals surface area contributed by atoms with Crippen LogP contribution in [-0.4, -0.2) is 31.0 Å². The molecule has 1 saturated heterocycles. The van der Waals surface area contributed by atoms with Crippen LogP contribution in [0.1, 0.15) is 36.0 Å². The van der Waals surface area contributed by atoms with E-state index in [0.717, 1.165) is 18.5 Å². The molecule has 0 unspecified atom stereocenters. The first kappa shape index (κ1) is 14.1. The monoisotopic (exact) mass is 295 g/mol. The fourth-order valence-electron chi connectivity index (χ4n) is 2.55. The van der Waals surface area contributed by atoms with Gasteiger partial charge in [-0.25, -0.2) is 8.78 Å². The molecule has 1 aliphatic heterocycles. The molecule has 6 heteroatoms. The van der Waals surface area contributed by atoms with E-state index >= 15 is 0 Å². The minimum Gasteiger partial charge on any atom is -0.397 e. The van der Waals surface area contributed by atoms with Gasteiger partial charge in [0.2, 0.25) is 0 Å². The molecule has 21 heavy (non-hydrogen) atoms. The van der Waals surface area contributed by atoms with Gasteiger partial charge in [0, 0.05) is 37.5 Å². The zero-order valence-corrected chi connectivity index (χ0v) is 11.7. The molecule has 3 N–H and O–H groups in total. The van der Waals surface area contributed by atoms with E-state index in [1.54, 1.807) is 18.2 Å². The van der Waals surface area contributed by atoms with Crippen molar-refractivity contribution in [3.63, 3.8) is 0 Å². The lowest BCUT2D eigenvalue weighted by Crippen LogP contribution is -2.39. The summed E-state index contributed by atoms with van der Waals surface area (Å²) in [5, 5.41) is 2.90. The second kappa shape index (κ2) is 5.16. The minimum atomic E-state index is -2.57. The maximum absolute atomic E-state index is 13.2. The number of carbonyl (C=O) groups is 1. The third-order valence-electron chi connectivity index (χ3n) is 4.04. The largest absolute Gasteiger partial charge is 0.397 e. The number of anilines is 2. The van der Waals surface area contributed by atoms with Crippen LogP contribution in [-0.2, 0) is 0 Å².